The van der Waals surface area contributed by atoms with Gasteiger partial charge in [-0.25, -0.2) is 4.98 Å². The van der Waals surface area contributed by atoms with Gasteiger partial charge >= 0.3 is 0 Å². The van der Waals surface area contributed by atoms with Crippen LogP contribution in [0, 0.1) is 0 Å². The van der Waals surface area contributed by atoms with E-state index in [1.54, 1.807) is 17.4 Å². The third-order valence-corrected chi connectivity index (χ3v) is 6.48. The minimum absolute atomic E-state index is 0.0547. The zero-order valence-electron chi connectivity index (χ0n) is 17.0. The fourth-order valence-corrected chi connectivity index (χ4v) is 5.22. The van der Waals surface area contributed by atoms with Crippen molar-refractivity contribution in [3.05, 3.63) is 69.6 Å². The minimum atomic E-state index is -0.672. The smallest absolute Gasteiger partial charge is 0.259 e. The summed E-state index contributed by atoms with van der Waals surface area (Å²) in [7, 11) is 0. The Hall–Kier alpha value is -2.48. The highest BCUT2D eigenvalue weighted by atomic mass is 32.1. The fraction of sp³-hybridized carbons (Fsp3) is 0.391. The van der Waals surface area contributed by atoms with Crippen LogP contribution in [0.2, 0.25) is 0 Å². The van der Waals surface area contributed by atoms with Crippen molar-refractivity contribution in [3.8, 4) is 5.75 Å². The van der Waals surface area contributed by atoms with Gasteiger partial charge in [-0.05, 0) is 43.4 Å². The summed E-state index contributed by atoms with van der Waals surface area (Å²) in [6.07, 6.45) is 5.44. The van der Waals surface area contributed by atoms with E-state index in [0.29, 0.717) is 25.5 Å². The van der Waals surface area contributed by atoms with E-state index >= 15 is 0 Å². The molecule has 1 aromatic carbocycles. The molecule has 0 saturated carbocycles. The third kappa shape index (κ3) is 4.80. The average Bonchev–Trinajstić information content (AvgIpc) is 3.12. The van der Waals surface area contributed by atoms with Gasteiger partial charge in [-0.15, -0.1) is 17.9 Å². The third-order valence-electron chi connectivity index (χ3n) is 5.29. The van der Waals surface area contributed by atoms with Gasteiger partial charge in [0.15, 0.2) is 0 Å². The molecule has 0 unspecified atom stereocenters. The highest BCUT2D eigenvalue weighted by Gasteiger charge is 2.20. The van der Waals surface area contributed by atoms with Crippen molar-refractivity contribution in [3.63, 3.8) is 0 Å². The number of aromatic amines is 1. The van der Waals surface area contributed by atoms with Crippen molar-refractivity contribution in [2.75, 3.05) is 19.7 Å². The summed E-state index contributed by atoms with van der Waals surface area (Å²) >= 11 is 1.65. The van der Waals surface area contributed by atoms with Crippen molar-refractivity contribution in [1.82, 2.24) is 14.9 Å². The Bertz CT molecular complexity index is 1060. The van der Waals surface area contributed by atoms with Crippen LogP contribution >= 0.6 is 11.3 Å². The predicted molar refractivity (Wildman–Crippen MR) is 120 cm³/mol. The summed E-state index contributed by atoms with van der Waals surface area (Å²) in [5.74, 6) is 1.34. The van der Waals surface area contributed by atoms with E-state index in [-0.39, 0.29) is 12.2 Å². The molecule has 30 heavy (non-hydrogen) atoms. The molecule has 0 amide bonds. The number of hydrogen-bond donors (Lipinski definition) is 2. The van der Waals surface area contributed by atoms with Crippen LogP contribution in [0.3, 0.4) is 0 Å². The summed E-state index contributed by atoms with van der Waals surface area (Å²) in [4.78, 5) is 24.6. The van der Waals surface area contributed by atoms with Crippen molar-refractivity contribution in [1.29, 1.82) is 0 Å². The van der Waals surface area contributed by atoms with Crippen LogP contribution in [0.15, 0.2) is 47.8 Å². The SMILES string of the molecule is C=CCN(Cc1nc2sc3c(c2c(=O)[nH]1)CCCC3)C[C@H](O)COc1ccccc1. The van der Waals surface area contributed by atoms with Crippen LogP contribution in [0.25, 0.3) is 10.2 Å². The number of hydrogen-bond acceptors (Lipinski definition) is 6. The van der Waals surface area contributed by atoms with E-state index in [0.717, 1.165) is 35.2 Å². The van der Waals surface area contributed by atoms with Gasteiger partial charge < -0.3 is 14.8 Å². The summed E-state index contributed by atoms with van der Waals surface area (Å²) in [6.45, 7) is 5.40. The Balaban J connectivity index is 1.45. The zero-order chi connectivity index (χ0) is 20.9. The number of nitrogens with one attached hydrogen (secondary N) is 1. The lowest BCUT2D eigenvalue weighted by molar-refractivity contribution is 0.0689. The maximum atomic E-state index is 12.8. The first-order valence-electron chi connectivity index (χ1n) is 10.4. The van der Waals surface area contributed by atoms with Crippen LogP contribution in [0.5, 0.6) is 5.75 Å². The van der Waals surface area contributed by atoms with Gasteiger partial charge in [-0.1, -0.05) is 24.3 Å². The molecule has 0 fully saturated rings. The Labute approximate surface area is 179 Å². The number of ether oxygens (including phenoxy) is 1. The fourth-order valence-electron chi connectivity index (χ4n) is 3.94. The maximum Gasteiger partial charge on any atom is 0.259 e. The summed E-state index contributed by atoms with van der Waals surface area (Å²) in [5.41, 5.74) is 1.14. The predicted octanol–water partition coefficient (Wildman–Crippen LogP) is 3.29. The molecule has 1 aliphatic rings. The highest BCUT2D eigenvalue weighted by Crippen LogP contribution is 2.33. The van der Waals surface area contributed by atoms with E-state index in [1.165, 1.54) is 16.9 Å². The summed E-state index contributed by atoms with van der Waals surface area (Å²) in [6, 6.07) is 9.43. The maximum absolute atomic E-state index is 12.8. The van der Waals surface area contributed by atoms with Gasteiger partial charge in [0.2, 0.25) is 0 Å². The quantitative estimate of drug-likeness (QED) is 0.515. The second-order valence-electron chi connectivity index (χ2n) is 7.66. The number of nitrogens with zero attached hydrogens (tertiary/aromatic N) is 2. The molecule has 3 aromatic rings. The Morgan fingerprint density at radius 3 is 2.90 bits per heavy atom. The molecule has 7 heteroatoms. The first kappa shape index (κ1) is 20.8. The van der Waals surface area contributed by atoms with Crippen LogP contribution in [-0.2, 0) is 19.4 Å². The number of aliphatic hydroxyl groups excluding tert-OH is 1. The standard InChI is InChI=1S/C23H27N3O3S/c1-2-12-26(13-16(27)15-29-17-8-4-3-5-9-17)14-20-24-22(28)21-18-10-6-7-11-19(18)30-23(21)25-20/h2-5,8-9,16,27H,1,6-7,10-15H2,(H,24,25,28)/t16-/m0/s1. The molecule has 2 N–H and O–H groups in total. The number of aliphatic hydroxyl groups is 1. The molecule has 0 aliphatic heterocycles. The highest BCUT2D eigenvalue weighted by molar-refractivity contribution is 7.18. The molecule has 4 rings (SSSR count). The molecule has 0 bridgehead atoms. The molecule has 1 aliphatic carbocycles. The van der Waals surface area contributed by atoms with E-state index in [2.05, 4.69) is 11.6 Å². The molecule has 6 nitrogen and oxygen atoms in total. The van der Waals surface area contributed by atoms with E-state index in [4.69, 9.17) is 9.72 Å². The molecule has 1 atom stereocenters. The molecular formula is C23H27N3O3S. The largest absolute Gasteiger partial charge is 0.491 e. The lowest BCUT2D eigenvalue weighted by atomic mass is 9.97. The molecular weight excluding hydrogens is 398 g/mol. The van der Waals surface area contributed by atoms with Crippen LogP contribution in [0.4, 0.5) is 0 Å². The van der Waals surface area contributed by atoms with Crippen molar-refractivity contribution < 1.29 is 9.84 Å². The molecule has 158 valence electrons. The van der Waals surface area contributed by atoms with Gasteiger partial charge in [0.25, 0.3) is 5.56 Å². The number of benzene rings is 1. The zero-order valence-corrected chi connectivity index (χ0v) is 17.8. The normalized spacial score (nSPS) is 14.6. The minimum Gasteiger partial charge on any atom is -0.491 e. The number of aromatic nitrogens is 2. The number of aryl methyl sites for hydroxylation is 2. The van der Waals surface area contributed by atoms with E-state index < -0.39 is 6.10 Å². The monoisotopic (exact) mass is 425 g/mol. The molecule has 0 saturated heterocycles. The number of H-pyrrole nitrogens is 1. The first-order valence-corrected chi connectivity index (χ1v) is 11.2. The van der Waals surface area contributed by atoms with Gasteiger partial charge in [0, 0.05) is 18.0 Å². The number of thiophene rings is 1. The van der Waals surface area contributed by atoms with Crippen LogP contribution < -0.4 is 10.3 Å². The van der Waals surface area contributed by atoms with E-state index in [9.17, 15) is 9.90 Å². The van der Waals surface area contributed by atoms with Gasteiger partial charge in [-0.3, -0.25) is 9.69 Å². The summed E-state index contributed by atoms with van der Waals surface area (Å²) < 4.78 is 5.65. The molecule has 0 radical (unpaired) electrons. The van der Waals surface area contributed by atoms with Crippen LogP contribution in [0.1, 0.15) is 29.1 Å². The Morgan fingerprint density at radius 2 is 2.10 bits per heavy atom. The van der Waals surface area contributed by atoms with E-state index in [1.807, 2.05) is 35.2 Å². The first-order chi connectivity index (χ1) is 14.6. The number of para-hydroxylation sites is 1. The molecule has 0 spiro atoms. The Morgan fingerprint density at radius 1 is 1.30 bits per heavy atom. The molecule has 2 heterocycles. The summed E-state index contributed by atoms with van der Waals surface area (Å²) in [5, 5.41) is 11.2. The lowest BCUT2D eigenvalue weighted by Gasteiger charge is -2.23. The number of rotatable bonds is 9. The molecule has 2 aromatic heterocycles. The van der Waals surface area contributed by atoms with Gasteiger partial charge in [-0.2, -0.15) is 0 Å². The second kappa shape index (κ2) is 9.55. The lowest BCUT2D eigenvalue weighted by Crippen LogP contribution is -2.36. The van der Waals surface area contributed by atoms with Crippen molar-refractivity contribution in [2.24, 2.45) is 0 Å². The van der Waals surface area contributed by atoms with Crippen LogP contribution in [-0.4, -0.2) is 45.8 Å². The van der Waals surface area contributed by atoms with Gasteiger partial charge in [0.1, 0.15) is 29.1 Å². The van der Waals surface area contributed by atoms with Gasteiger partial charge in [0.05, 0.1) is 11.9 Å². The number of fused-ring (bicyclic) bond motifs is 3. The average molecular weight is 426 g/mol. The van der Waals surface area contributed by atoms with Crippen molar-refractivity contribution >= 4 is 21.6 Å². The van der Waals surface area contributed by atoms with Crippen molar-refractivity contribution in [2.45, 2.75) is 38.3 Å². The Kier molecular flexibility index (Phi) is 6.62. The second-order valence-corrected chi connectivity index (χ2v) is 8.75. The topological polar surface area (TPSA) is 78.5 Å².